The molecular weight excluding hydrogens is 399 g/mol. The van der Waals surface area contributed by atoms with E-state index in [0.717, 1.165) is 24.3 Å². The molecule has 0 unspecified atom stereocenters. The summed E-state index contributed by atoms with van der Waals surface area (Å²) < 4.78 is 25.1. The second-order valence-electron chi connectivity index (χ2n) is 8.57. The topological polar surface area (TPSA) is 62.2 Å². The minimum absolute atomic E-state index is 0.208. The highest BCUT2D eigenvalue weighted by Gasteiger charge is 2.43. The molecular formula is C24H29FN2O4. The number of hydrogen-bond acceptors (Lipinski definition) is 5. The Bertz CT molecular complexity index is 903. The van der Waals surface area contributed by atoms with E-state index in [1.54, 1.807) is 19.1 Å². The van der Waals surface area contributed by atoms with Crippen molar-refractivity contribution >= 4 is 5.91 Å². The fourth-order valence-electron chi connectivity index (χ4n) is 4.20. The molecule has 1 N–H and O–H groups in total. The summed E-state index contributed by atoms with van der Waals surface area (Å²) in [4.78, 5) is 15.6. The van der Waals surface area contributed by atoms with Gasteiger partial charge in [0.25, 0.3) is 0 Å². The van der Waals surface area contributed by atoms with E-state index in [4.69, 9.17) is 9.47 Å². The lowest BCUT2D eigenvalue weighted by Crippen LogP contribution is -2.41. The van der Waals surface area contributed by atoms with E-state index in [1.807, 2.05) is 29.2 Å². The van der Waals surface area contributed by atoms with Crippen molar-refractivity contribution < 1.29 is 23.8 Å². The van der Waals surface area contributed by atoms with Crippen LogP contribution in [-0.2, 0) is 11.3 Å². The molecule has 4 rings (SSSR count). The Morgan fingerprint density at radius 3 is 2.71 bits per heavy atom. The Hall–Kier alpha value is -2.64. The molecule has 0 aromatic heterocycles. The van der Waals surface area contributed by atoms with Crippen molar-refractivity contribution in [2.45, 2.75) is 38.0 Å². The van der Waals surface area contributed by atoms with Crippen molar-refractivity contribution in [3.8, 4) is 11.5 Å². The minimum atomic E-state index is -1.03. The molecule has 2 aromatic rings. The maximum absolute atomic E-state index is 13.4. The summed E-state index contributed by atoms with van der Waals surface area (Å²) in [5.74, 6) is 1.04. The molecule has 0 radical (unpaired) electrons. The number of nitrogens with zero attached hydrogens (tertiary/aromatic N) is 2. The number of halogens is 1. The van der Waals surface area contributed by atoms with Gasteiger partial charge in [0.05, 0.1) is 6.54 Å². The first-order chi connectivity index (χ1) is 14.9. The number of benzene rings is 2. The molecule has 2 heterocycles. The van der Waals surface area contributed by atoms with Gasteiger partial charge in [0.15, 0.2) is 0 Å². The van der Waals surface area contributed by atoms with Crippen molar-refractivity contribution in [3.63, 3.8) is 0 Å². The molecule has 1 amide bonds. The Balaban J connectivity index is 1.27. The monoisotopic (exact) mass is 428 g/mol. The Morgan fingerprint density at radius 1 is 1.19 bits per heavy atom. The van der Waals surface area contributed by atoms with E-state index in [0.29, 0.717) is 45.0 Å². The average Bonchev–Trinajstić information content (AvgIpc) is 3.25. The first-order valence-electron chi connectivity index (χ1n) is 10.8. The van der Waals surface area contributed by atoms with Crippen molar-refractivity contribution in [2.24, 2.45) is 0 Å². The van der Waals surface area contributed by atoms with E-state index in [9.17, 15) is 14.3 Å². The molecule has 0 aliphatic carbocycles. The van der Waals surface area contributed by atoms with Gasteiger partial charge in [-0.2, -0.15) is 0 Å². The fraction of sp³-hybridized carbons (Fsp3) is 0.458. The molecule has 166 valence electrons. The zero-order valence-electron chi connectivity index (χ0n) is 17.8. The lowest BCUT2D eigenvalue weighted by molar-refractivity contribution is -0.128. The quantitative estimate of drug-likeness (QED) is 0.701. The molecule has 2 aromatic carbocycles. The standard InChI is InChI=1S/C24H29FN2O4/c1-24(29)17-26(16-22(24)31-21-5-2-4-19(25)14-21)15-18-7-9-20(10-8-18)30-13-12-27-11-3-6-23(27)28/h2,4-5,7-10,14,22,29H,3,6,11-13,15-17H2,1H3/t22-,24-/m1/s1. The van der Waals surface area contributed by atoms with Gasteiger partial charge in [-0.15, -0.1) is 0 Å². The summed E-state index contributed by atoms with van der Waals surface area (Å²) in [7, 11) is 0. The third-order valence-electron chi connectivity index (χ3n) is 5.87. The number of carbonyl (C=O) groups excluding carboxylic acids is 1. The number of aliphatic hydroxyl groups is 1. The predicted molar refractivity (Wildman–Crippen MR) is 114 cm³/mol. The lowest BCUT2D eigenvalue weighted by atomic mass is 10.0. The van der Waals surface area contributed by atoms with Gasteiger partial charge < -0.3 is 19.5 Å². The first kappa shape index (κ1) is 21.6. The number of likely N-dealkylation sites (tertiary alicyclic amines) is 2. The molecule has 0 bridgehead atoms. The summed E-state index contributed by atoms with van der Waals surface area (Å²) in [6.45, 7) is 5.36. The van der Waals surface area contributed by atoms with E-state index >= 15 is 0 Å². The van der Waals surface area contributed by atoms with Crippen LogP contribution < -0.4 is 9.47 Å². The van der Waals surface area contributed by atoms with Gasteiger partial charge in [-0.05, 0) is 43.2 Å². The average molecular weight is 429 g/mol. The SMILES string of the molecule is C[C@@]1(O)CN(Cc2ccc(OCCN3CCCC3=O)cc2)C[C@H]1Oc1cccc(F)c1. The summed E-state index contributed by atoms with van der Waals surface area (Å²) in [6.07, 6.45) is 1.14. The van der Waals surface area contributed by atoms with Crippen LogP contribution in [0.1, 0.15) is 25.3 Å². The first-order valence-corrected chi connectivity index (χ1v) is 10.8. The van der Waals surface area contributed by atoms with Crippen LogP contribution in [-0.4, -0.2) is 65.3 Å². The van der Waals surface area contributed by atoms with Gasteiger partial charge >= 0.3 is 0 Å². The fourth-order valence-corrected chi connectivity index (χ4v) is 4.20. The van der Waals surface area contributed by atoms with E-state index < -0.39 is 11.7 Å². The van der Waals surface area contributed by atoms with E-state index in [1.165, 1.54) is 12.1 Å². The molecule has 2 aliphatic rings. The van der Waals surface area contributed by atoms with E-state index in [-0.39, 0.29) is 11.7 Å². The number of rotatable bonds is 8. The highest BCUT2D eigenvalue weighted by molar-refractivity contribution is 5.78. The molecule has 7 heteroatoms. The van der Waals surface area contributed by atoms with Gasteiger partial charge in [0.1, 0.15) is 35.6 Å². The van der Waals surface area contributed by atoms with Gasteiger partial charge in [-0.25, -0.2) is 4.39 Å². The van der Waals surface area contributed by atoms with Crippen LogP contribution in [0.15, 0.2) is 48.5 Å². The van der Waals surface area contributed by atoms with Crippen molar-refractivity contribution in [2.75, 3.05) is 32.8 Å². The van der Waals surface area contributed by atoms with Crippen LogP contribution in [0.3, 0.4) is 0 Å². The Kier molecular flexibility index (Phi) is 6.43. The number of β-amino-alcohol motifs (C(OH)–C–C–N with tert-alkyl or cyclic N) is 1. The third kappa shape index (κ3) is 5.54. The maximum atomic E-state index is 13.4. The maximum Gasteiger partial charge on any atom is 0.222 e. The second-order valence-corrected chi connectivity index (χ2v) is 8.57. The van der Waals surface area contributed by atoms with Crippen molar-refractivity contribution in [1.29, 1.82) is 0 Å². The van der Waals surface area contributed by atoms with Crippen molar-refractivity contribution in [3.05, 3.63) is 59.9 Å². The van der Waals surface area contributed by atoms with E-state index in [2.05, 4.69) is 4.90 Å². The summed E-state index contributed by atoms with van der Waals surface area (Å²) in [5.41, 5.74) is 0.0758. The minimum Gasteiger partial charge on any atom is -0.492 e. The number of hydrogen-bond donors (Lipinski definition) is 1. The molecule has 2 fully saturated rings. The van der Waals surface area contributed by atoms with Gasteiger partial charge in [0, 0.05) is 38.7 Å². The predicted octanol–water partition coefficient (Wildman–Crippen LogP) is 2.84. The highest BCUT2D eigenvalue weighted by Crippen LogP contribution is 2.28. The van der Waals surface area contributed by atoms with Crippen LogP contribution in [0.2, 0.25) is 0 Å². The summed E-state index contributed by atoms with van der Waals surface area (Å²) >= 11 is 0. The number of ether oxygens (including phenoxy) is 2. The summed E-state index contributed by atoms with van der Waals surface area (Å²) in [6, 6.07) is 13.9. The van der Waals surface area contributed by atoms with Crippen LogP contribution in [0.5, 0.6) is 11.5 Å². The van der Waals surface area contributed by atoms with Crippen LogP contribution in [0, 0.1) is 5.82 Å². The molecule has 0 saturated carbocycles. The van der Waals surface area contributed by atoms with Gasteiger partial charge in [-0.1, -0.05) is 18.2 Å². The number of amides is 1. The normalized spacial score (nSPS) is 24.0. The smallest absolute Gasteiger partial charge is 0.222 e. The zero-order valence-corrected chi connectivity index (χ0v) is 17.8. The highest BCUT2D eigenvalue weighted by atomic mass is 19.1. The van der Waals surface area contributed by atoms with Crippen LogP contribution in [0.25, 0.3) is 0 Å². The zero-order chi connectivity index (χ0) is 21.8. The molecule has 2 aliphatic heterocycles. The Labute approximate surface area is 182 Å². The lowest BCUT2D eigenvalue weighted by Gasteiger charge is -2.25. The third-order valence-corrected chi connectivity index (χ3v) is 5.87. The number of carbonyl (C=O) groups is 1. The molecule has 6 nitrogen and oxygen atoms in total. The van der Waals surface area contributed by atoms with Gasteiger partial charge in [0.2, 0.25) is 5.91 Å². The Morgan fingerprint density at radius 2 is 2.00 bits per heavy atom. The molecule has 31 heavy (non-hydrogen) atoms. The molecule has 0 spiro atoms. The van der Waals surface area contributed by atoms with Crippen LogP contribution in [0.4, 0.5) is 4.39 Å². The second kappa shape index (κ2) is 9.24. The van der Waals surface area contributed by atoms with Crippen LogP contribution >= 0.6 is 0 Å². The van der Waals surface area contributed by atoms with Gasteiger partial charge in [-0.3, -0.25) is 9.69 Å². The summed E-state index contributed by atoms with van der Waals surface area (Å²) in [5, 5.41) is 10.8. The largest absolute Gasteiger partial charge is 0.492 e. The molecule has 2 atom stereocenters. The molecule has 2 saturated heterocycles. The van der Waals surface area contributed by atoms with Crippen molar-refractivity contribution in [1.82, 2.24) is 9.80 Å².